The van der Waals surface area contributed by atoms with Crippen molar-refractivity contribution in [1.29, 1.82) is 0 Å². The number of hydrogen-bond acceptors (Lipinski definition) is 4. The van der Waals surface area contributed by atoms with E-state index in [9.17, 15) is 10.1 Å². The maximum atomic E-state index is 11.0. The zero-order valence-electron chi connectivity index (χ0n) is 10.9. The summed E-state index contributed by atoms with van der Waals surface area (Å²) >= 11 is 0. The monoisotopic (exact) mass is 252 g/mol. The molecule has 1 aromatic carbocycles. The van der Waals surface area contributed by atoms with Gasteiger partial charge in [0, 0.05) is 26.3 Å². The fourth-order valence-electron chi connectivity index (χ4n) is 1.86. The van der Waals surface area contributed by atoms with E-state index in [1.54, 1.807) is 12.1 Å². The number of aliphatic hydroxyl groups is 1. The van der Waals surface area contributed by atoms with Crippen molar-refractivity contribution in [2.75, 3.05) is 25.1 Å². The first-order chi connectivity index (χ1) is 8.56. The van der Waals surface area contributed by atoms with E-state index in [2.05, 4.69) is 0 Å². The van der Waals surface area contributed by atoms with Crippen molar-refractivity contribution < 1.29 is 10.0 Å². The summed E-state index contributed by atoms with van der Waals surface area (Å²) in [4.78, 5) is 12.6. The Morgan fingerprint density at radius 2 is 2.06 bits per heavy atom. The number of aryl methyl sites for hydroxylation is 1. The number of benzene rings is 1. The molecule has 1 rings (SSSR count). The van der Waals surface area contributed by atoms with E-state index in [1.165, 1.54) is 0 Å². The molecule has 0 unspecified atom stereocenters. The summed E-state index contributed by atoms with van der Waals surface area (Å²) in [6.45, 7) is 2.80. The van der Waals surface area contributed by atoms with Gasteiger partial charge in [0.1, 0.15) is 5.69 Å². The lowest BCUT2D eigenvalue weighted by molar-refractivity contribution is -0.384. The van der Waals surface area contributed by atoms with Crippen molar-refractivity contribution in [2.45, 2.75) is 26.2 Å². The minimum Gasteiger partial charge on any atom is -0.396 e. The van der Waals surface area contributed by atoms with Gasteiger partial charge in [0.15, 0.2) is 0 Å². The molecule has 0 spiro atoms. The molecule has 0 aliphatic carbocycles. The average Bonchev–Trinajstić information content (AvgIpc) is 2.34. The molecule has 0 aromatic heterocycles. The summed E-state index contributed by atoms with van der Waals surface area (Å²) < 4.78 is 0. The van der Waals surface area contributed by atoms with Gasteiger partial charge in [-0.15, -0.1) is 0 Å². The summed E-state index contributed by atoms with van der Waals surface area (Å²) in [7, 11) is 1.86. The lowest BCUT2D eigenvalue weighted by atomic mass is 10.1. The maximum Gasteiger partial charge on any atom is 0.292 e. The Kier molecular flexibility index (Phi) is 5.58. The van der Waals surface area contributed by atoms with Crippen LogP contribution in [0.15, 0.2) is 18.2 Å². The van der Waals surface area contributed by atoms with Crippen molar-refractivity contribution in [3.63, 3.8) is 0 Å². The quantitative estimate of drug-likeness (QED) is 0.460. The van der Waals surface area contributed by atoms with Gasteiger partial charge in [-0.05, 0) is 37.8 Å². The van der Waals surface area contributed by atoms with E-state index in [4.69, 9.17) is 5.11 Å². The third kappa shape index (κ3) is 4.00. The van der Waals surface area contributed by atoms with Gasteiger partial charge in [-0.1, -0.05) is 6.07 Å². The highest BCUT2D eigenvalue weighted by Crippen LogP contribution is 2.28. The van der Waals surface area contributed by atoms with Gasteiger partial charge in [0.25, 0.3) is 5.69 Å². The van der Waals surface area contributed by atoms with Crippen molar-refractivity contribution in [1.82, 2.24) is 0 Å². The predicted octanol–water partition coefficient (Wildman–Crippen LogP) is 2.50. The third-order valence-electron chi connectivity index (χ3n) is 2.89. The fraction of sp³-hybridized carbons (Fsp3) is 0.538. The molecule has 5 nitrogen and oxygen atoms in total. The smallest absolute Gasteiger partial charge is 0.292 e. The molecule has 0 atom stereocenters. The highest BCUT2D eigenvalue weighted by molar-refractivity contribution is 5.63. The zero-order valence-corrected chi connectivity index (χ0v) is 10.9. The largest absolute Gasteiger partial charge is 0.396 e. The highest BCUT2D eigenvalue weighted by Gasteiger charge is 2.16. The van der Waals surface area contributed by atoms with E-state index < -0.39 is 0 Å². The van der Waals surface area contributed by atoms with Gasteiger partial charge >= 0.3 is 0 Å². The molecule has 0 bridgehead atoms. The van der Waals surface area contributed by atoms with Crippen LogP contribution in [0.4, 0.5) is 11.4 Å². The highest BCUT2D eigenvalue weighted by atomic mass is 16.6. The topological polar surface area (TPSA) is 66.6 Å². The number of nitro groups is 1. The van der Waals surface area contributed by atoms with Gasteiger partial charge in [-0.25, -0.2) is 0 Å². The standard InChI is InChI=1S/C13H20N2O3/c1-11-6-7-12(13(10-11)15(17)18)14(2)8-4-3-5-9-16/h6-7,10,16H,3-5,8-9H2,1-2H3. The number of nitrogens with zero attached hydrogens (tertiary/aromatic N) is 2. The van der Waals surface area contributed by atoms with Crippen LogP contribution in [0.5, 0.6) is 0 Å². The number of unbranched alkanes of at least 4 members (excludes halogenated alkanes) is 2. The van der Waals surface area contributed by atoms with Crippen molar-refractivity contribution in [3.05, 3.63) is 33.9 Å². The summed E-state index contributed by atoms with van der Waals surface area (Å²) in [6.07, 6.45) is 2.63. The molecule has 0 aliphatic rings. The molecule has 1 N–H and O–H groups in total. The number of anilines is 1. The van der Waals surface area contributed by atoms with Gasteiger partial charge in [-0.2, -0.15) is 0 Å². The lowest BCUT2D eigenvalue weighted by Crippen LogP contribution is -2.19. The summed E-state index contributed by atoms with van der Waals surface area (Å²) in [6, 6.07) is 5.27. The van der Waals surface area contributed by atoms with Gasteiger partial charge in [0.2, 0.25) is 0 Å². The number of nitro benzene ring substituents is 1. The first-order valence-electron chi connectivity index (χ1n) is 6.13. The van der Waals surface area contributed by atoms with E-state index >= 15 is 0 Å². The Labute approximate surface area is 107 Å². The SMILES string of the molecule is Cc1ccc(N(C)CCCCCO)c([N+](=O)[O-])c1. The Morgan fingerprint density at radius 1 is 1.33 bits per heavy atom. The van der Waals surface area contributed by atoms with E-state index in [0.29, 0.717) is 5.69 Å². The molecule has 0 heterocycles. The van der Waals surface area contributed by atoms with Crippen LogP contribution in [0.1, 0.15) is 24.8 Å². The van der Waals surface area contributed by atoms with Crippen LogP contribution in [-0.4, -0.2) is 30.2 Å². The minimum absolute atomic E-state index is 0.152. The van der Waals surface area contributed by atoms with Crippen LogP contribution in [-0.2, 0) is 0 Å². The van der Waals surface area contributed by atoms with Crippen molar-refractivity contribution in [2.24, 2.45) is 0 Å². The van der Waals surface area contributed by atoms with E-state index in [-0.39, 0.29) is 17.2 Å². The third-order valence-corrected chi connectivity index (χ3v) is 2.89. The predicted molar refractivity (Wildman–Crippen MR) is 72.0 cm³/mol. The molecule has 1 aromatic rings. The summed E-state index contributed by atoms with van der Waals surface area (Å²) in [5, 5.41) is 19.7. The molecule has 100 valence electrons. The zero-order chi connectivity index (χ0) is 13.5. The van der Waals surface area contributed by atoms with Crippen LogP contribution in [0, 0.1) is 17.0 Å². The van der Waals surface area contributed by atoms with Crippen LogP contribution in [0.25, 0.3) is 0 Å². The molecule has 0 fully saturated rings. The average molecular weight is 252 g/mol. The second kappa shape index (κ2) is 6.96. The fourth-order valence-corrected chi connectivity index (χ4v) is 1.86. The summed E-state index contributed by atoms with van der Waals surface area (Å²) in [5.74, 6) is 0. The minimum atomic E-state index is -0.341. The Hall–Kier alpha value is -1.62. The molecule has 0 saturated carbocycles. The number of hydrogen-bond donors (Lipinski definition) is 1. The lowest BCUT2D eigenvalue weighted by Gasteiger charge is -2.19. The number of aliphatic hydroxyl groups excluding tert-OH is 1. The number of rotatable bonds is 7. The molecule has 5 heteroatoms. The van der Waals surface area contributed by atoms with Gasteiger partial charge in [0.05, 0.1) is 4.92 Å². The van der Waals surface area contributed by atoms with E-state index in [1.807, 2.05) is 24.9 Å². The molecule has 0 aliphatic heterocycles. The van der Waals surface area contributed by atoms with Crippen LogP contribution in [0.3, 0.4) is 0 Å². The van der Waals surface area contributed by atoms with Crippen LogP contribution in [0.2, 0.25) is 0 Å². The molecule has 0 amide bonds. The molecular formula is C13H20N2O3. The second-order valence-electron chi connectivity index (χ2n) is 4.46. The Balaban J connectivity index is 2.72. The van der Waals surface area contributed by atoms with Gasteiger partial charge < -0.3 is 10.0 Å². The Morgan fingerprint density at radius 3 is 2.67 bits per heavy atom. The first-order valence-corrected chi connectivity index (χ1v) is 6.13. The van der Waals surface area contributed by atoms with Crippen LogP contribution >= 0.6 is 0 Å². The molecule has 0 saturated heterocycles. The van der Waals surface area contributed by atoms with Crippen molar-refractivity contribution in [3.8, 4) is 0 Å². The first kappa shape index (κ1) is 14.4. The normalized spacial score (nSPS) is 10.4. The maximum absolute atomic E-state index is 11.0. The molecule has 0 radical (unpaired) electrons. The van der Waals surface area contributed by atoms with E-state index in [0.717, 1.165) is 31.4 Å². The Bertz CT molecular complexity index is 407. The second-order valence-corrected chi connectivity index (χ2v) is 4.46. The van der Waals surface area contributed by atoms with Crippen molar-refractivity contribution >= 4 is 11.4 Å². The van der Waals surface area contributed by atoms with Gasteiger partial charge in [-0.3, -0.25) is 10.1 Å². The van der Waals surface area contributed by atoms with Crippen LogP contribution < -0.4 is 4.90 Å². The molecule has 18 heavy (non-hydrogen) atoms. The molecular weight excluding hydrogens is 232 g/mol. The summed E-state index contributed by atoms with van der Waals surface area (Å²) in [5.41, 5.74) is 1.69.